The minimum Gasteiger partial charge on any atom is -0.486 e. The van der Waals surface area contributed by atoms with Crippen molar-refractivity contribution in [1.82, 2.24) is 5.16 Å². The van der Waals surface area contributed by atoms with Gasteiger partial charge in [-0.2, -0.15) is 0 Å². The molecule has 0 unspecified atom stereocenters. The van der Waals surface area contributed by atoms with Crippen LogP contribution in [0.4, 0.5) is 5.69 Å². The number of amides is 1. The van der Waals surface area contributed by atoms with Crippen LogP contribution in [0.2, 0.25) is 0 Å². The van der Waals surface area contributed by atoms with Gasteiger partial charge in [0.25, 0.3) is 0 Å². The smallest absolute Gasteiger partial charge is 0.230 e. The Balaban J connectivity index is 1.46. The Morgan fingerprint density at radius 2 is 1.80 bits per heavy atom. The summed E-state index contributed by atoms with van der Waals surface area (Å²) in [5.41, 5.74) is 2.15. The number of carbonyl (C=O) groups excluding carboxylic acids is 1. The van der Waals surface area contributed by atoms with Crippen LogP contribution in [0, 0.1) is 0 Å². The molecule has 1 N–H and O–H groups in total. The fraction of sp³-hybridized carbons (Fsp3) is 0.158. The van der Waals surface area contributed by atoms with Crippen LogP contribution in [0.5, 0.6) is 11.5 Å². The Kier molecular flexibility index (Phi) is 4.08. The number of hydrogen-bond donors (Lipinski definition) is 1. The summed E-state index contributed by atoms with van der Waals surface area (Å²) in [5, 5.41) is 6.80. The van der Waals surface area contributed by atoms with Gasteiger partial charge < -0.3 is 19.3 Å². The van der Waals surface area contributed by atoms with E-state index in [0.29, 0.717) is 30.4 Å². The second kappa shape index (κ2) is 6.68. The van der Waals surface area contributed by atoms with Gasteiger partial charge in [0.15, 0.2) is 17.3 Å². The van der Waals surface area contributed by atoms with Gasteiger partial charge in [-0.1, -0.05) is 23.4 Å². The number of hydrogen-bond acceptors (Lipinski definition) is 5. The molecular weight excluding hydrogens is 320 g/mol. The molecule has 1 aliphatic rings. The number of nitrogens with zero attached hydrogens (tertiary/aromatic N) is 1. The second-order valence-corrected chi connectivity index (χ2v) is 5.63. The van der Waals surface area contributed by atoms with Crippen LogP contribution in [0.25, 0.3) is 11.3 Å². The average Bonchev–Trinajstić information content (AvgIpc) is 3.10. The van der Waals surface area contributed by atoms with Gasteiger partial charge in [-0.15, -0.1) is 0 Å². The van der Waals surface area contributed by atoms with Gasteiger partial charge in [0.2, 0.25) is 5.91 Å². The summed E-state index contributed by atoms with van der Waals surface area (Å²) in [6.07, 6.45) is 0.142. The molecule has 25 heavy (non-hydrogen) atoms. The van der Waals surface area contributed by atoms with Gasteiger partial charge >= 0.3 is 0 Å². The summed E-state index contributed by atoms with van der Waals surface area (Å²) in [6.45, 7) is 1.08. The number of nitrogens with one attached hydrogen (secondary N) is 1. The maximum atomic E-state index is 12.1. The first-order chi connectivity index (χ1) is 12.3. The van der Waals surface area contributed by atoms with E-state index in [1.807, 2.05) is 48.5 Å². The van der Waals surface area contributed by atoms with Crippen molar-refractivity contribution in [3.63, 3.8) is 0 Å². The molecule has 0 radical (unpaired) electrons. The molecule has 0 bridgehead atoms. The molecule has 0 atom stereocenters. The normalized spacial score (nSPS) is 12.6. The number of fused-ring (bicyclic) bond motifs is 1. The molecule has 0 saturated carbocycles. The van der Waals surface area contributed by atoms with Crippen molar-refractivity contribution in [3.05, 3.63) is 60.3 Å². The van der Waals surface area contributed by atoms with Gasteiger partial charge in [0, 0.05) is 17.3 Å². The SMILES string of the molecule is O=C(Cc1cc(-c2ccc3c(c2)OCCO3)on1)Nc1ccccc1. The van der Waals surface area contributed by atoms with Crippen LogP contribution in [0.3, 0.4) is 0 Å². The maximum Gasteiger partial charge on any atom is 0.230 e. The lowest BCUT2D eigenvalue weighted by atomic mass is 10.1. The van der Waals surface area contributed by atoms with Crippen LogP contribution >= 0.6 is 0 Å². The zero-order valence-corrected chi connectivity index (χ0v) is 13.4. The number of ether oxygens (including phenoxy) is 2. The first kappa shape index (κ1) is 15.3. The molecule has 3 aromatic rings. The van der Waals surface area contributed by atoms with E-state index in [1.54, 1.807) is 6.07 Å². The Morgan fingerprint density at radius 3 is 2.64 bits per heavy atom. The summed E-state index contributed by atoms with van der Waals surface area (Å²) in [4.78, 5) is 12.1. The zero-order valence-electron chi connectivity index (χ0n) is 13.4. The van der Waals surface area contributed by atoms with Gasteiger partial charge in [-0.25, -0.2) is 0 Å². The molecule has 2 heterocycles. The molecule has 1 amide bonds. The molecule has 0 saturated heterocycles. The highest BCUT2D eigenvalue weighted by atomic mass is 16.6. The Bertz CT molecular complexity index is 889. The standard InChI is InChI=1S/C19H16N2O4/c22-19(20-14-4-2-1-3-5-14)12-15-11-17(25-21-15)13-6-7-16-18(10-13)24-9-8-23-16/h1-7,10-11H,8-9,12H2,(H,20,22). The highest BCUT2D eigenvalue weighted by molar-refractivity contribution is 5.92. The second-order valence-electron chi connectivity index (χ2n) is 5.63. The molecule has 4 rings (SSSR count). The lowest BCUT2D eigenvalue weighted by molar-refractivity contribution is -0.115. The monoisotopic (exact) mass is 336 g/mol. The van der Waals surface area contributed by atoms with E-state index in [1.165, 1.54) is 0 Å². The van der Waals surface area contributed by atoms with Crippen molar-refractivity contribution in [2.75, 3.05) is 18.5 Å². The maximum absolute atomic E-state index is 12.1. The van der Waals surface area contributed by atoms with Crippen molar-refractivity contribution in [2.45, 2.75) is 6.42 Å². The lowest BCUT2D eigenvalue weighted by Gasteiger charge is -2.18. The van der Waals surface area contributed by atoms with Crippen LogP contribution < -0.4 is 14.8 Å². The number of rotatable bonds is 4. The summed E-state index contributed by atoms with van der Waals surface area (Å²) < 4.78 is 16.4. The number of para-hydroxylation sites is 1. The third kappa shape index (κ3) is 3.47. The fourth-order valence-corrected chi connectivity index (χ4v) is 2.62. The number of benzene rings is 2. The van der Waals surface area contributed by atoms with Crippen molar-refractivity contribution >= 4 is 11.6 Å². The third-order valence-corrected chi connectivity index (χ3v) is 3.78. The highest BCUT2D eigenvalue weighted by Gasteiger charge is 2.15. The molecule has 6 nitrogen and oxygen atoms in total. The molecule has 0 fully saturated rings. The lowest BCUT2D eigenvalue weighted by Crippen LogP contribution is -2.15. The average molecular weight is 336 g/mol. The molecular formula is C19H16N2O4. The van der Waals surface area contributed by atoms with E-state index in [2.05, 4.69) is 10.5 Å². The van der Waals surface area contributed by atoms with E-state index in [-0.39, 0.29) is 12.3 Å². The van der Waals surface area contributed by atoms with Gasteiger partial charge in [-0.05, 0) is 30.3 Å². The fourth-order valence-electron chi connectivity index (χ4n) is 2.62. The first-order valence-electron chi connectivity index (χ1n) is 7.98. The summed E-state index contributed by atoms with van der Waals surface area (Å²) in [5.74, 6) is 1.84. The molecule has 0 aliphatic carbocycles. The van der Waals surface area contributed by atoms with E-state index >= 15 is 0 Å². The minimum atomic E-state index is -0.145. The van der Waals surface area contributed by atoms with Crippen molar-refractivity contribution in [3.8, 4) is 22.8 Å². The Labute approximate surface area is 144 Å². The number of aromatic nitrogens is 1. The quantitative estimate of drug-likeness (QED) is 0.791. The minimum absolute atomic E-state index is 0.142. The largest absolute Gasteiger partial charge is 0.486 e. The van der Waals surface area contributed by atoms with Crippen LogP contribution in [-0.2, 0) is 11.2 Å². The Morgan fingerprint density at radius 1 is 1.00 bits per heavy atom. The molecule has 126 valence electrons. The molecule has 1 aliphatic heterocycles. The first-order valence-corrected chi connectivity index (χ1v) is 7.98. The number of anilines is 1. The van der Waals surface area contributed by atoms with Crippen LogP contribution in [-0.4, -0.2) is 24.3 Å². The topological polar surface area (TPSA) is 73.6 Å². The van der Waals surface area contributed by atoms with Crippen molar-refractivity contribution in [2.24, 2.45) is 0 Å². The van der Waals surface area contributed by atoms with Crippen molar-refractivity contribution < 1.29 is 18.8 Å². The predicted molar refractivity (Wildman–Crippen MR) is 91.7 cm³/mol. The summed E-state index contributed by atoms with van der Waals surface area (Å²) in [6, 6.07) is 16.6. The highest BCUT2D eigenvalue weighted by Crippen LogP contribution is 2.34. The van der Waals surface area contributed by atoms with E-state index < -0.39 is 0 Å². The molecule has 0 spiro atoms. The van der Waals surface area contributed by atoms with Gasteiger partial charge in [0.05, 0.1) is 12.1 Å². The van der Waals surface area contributed by atoms with Crippen molar-refractivity contribution in [1.29, 1.82) is 0 Å². The van der Waals surface area contributed by atoms with Gasteiger partial charge in [0.1, 0.15) is 13.2 Å². The van der Waals surface area contributed by atoms with Crippen LogP contribution in [0.15, 0.2) is 59.1 Å². The molecule has 1 aromatic heterocycles. The summed E-state index contributed by atoms with van der Waals surface area (Å²) in [7, 11) is 0. The summed E-state index contributed by atoms with van der Waals surface area (Å²) >= 11 is 0. The third-order valence-electron chi connectivity index (χ3n) is 3.78. The molecule has 6 heteroatoms. The van der Waals surface area contributed by atoms with E-state index in [9.17, 15) is 4.79 Å². The molecule has 2 aromatic carbocycles. The number of carbonyl (C=O) groups is 1. The van der Waals surface area contributed by atoms with Crippen LogP contribution in [0.1, 0.15) is 5.69 Å². The van der Waals surface area contributed by atoms with Gasteiger partial charge in [-0.3, -0.25) is 4.79 Å². The van der Waals surface area contributed by atoms with E-state index in [0.717, 1.165) is 17.0 Å². The zero-order chi connectivity index (χ0) is 17.1. The Hall–Kier alpha value is -3.28. The van der Waals surface area contributed by atoms with E-state index in [4.69, 9.17) is 14.0 Å². The predicted octanol–water partition coefficient (Wildman–Crippen LogP) is 3.29.